The predicted molar refractivity (Wildman–Crippen MR) is 122 cm³/mol. The van der Waals surface area contributed by atoms with Crippen LogP contribution in [0.1, 0.15) is 30.1 Å². The van der Waals surface area contributed by atoms with Crippen LogP contribution in [0, 0.1) is 13.8 Å². The van der Waals surface area contributed by atoms with E-state index in [0.29, 0.717) is 11.5 Å². The van der Waals surface area contributed by atoms with Gasteiger partial charge in [-0.15, -0.1) is 0 Å². The SMILES string of the molecule is COc1cc2c(cc1-c1c(C)noc1C)ncc1c2n(C(C)c2ccccn2)c(=O)n1C. The average Bonchev–Trinajstić information content (AvgIpc) is 3.28. The monoisotopic (exact) mass is 429 g/mol. The summed E-state index contributed by atoms with van der Waals surface area (Å²) in [7, 11) is 3.39. The predicted octanol–water partition coefficient (Wildman–Crippen LogP) is 4.17. The molecule has 4 aromatic heterocycles. The fraction of sp³-hybridized carbons (Fsp3) is 0.250. The van der Waals surface area contributed by atoms with Crippen molar-refractivity contribution in [2.24, 2.45) is 7.05 Å². The topological polar surface area (TPSA) is 88.0 Å². The number of aromatic nitrogens is 5. The lowest BCUT2D eigenvalue weighted by molar-refractivity contribution is 0.393. The second-order valence-electron chi connectivity index (χ2n) is 7.90. The molecule has 0 amide bonds. The van der Waals surface area contributed by atoms with E-state index in [-0.39, 0.29) is 11.7 Å². The Morgan fingerprint density at radius 2 is 1.97 bits per heavy atom. The molecule has 0 fully saturated rings. The molecule has 5 rings (SSSR count). The van der Waals surface area contributed by atoms with Crippen molar-refractivity contribution >= 4 is 21.9 Å². The van der Waals surface area contributed by atoms with Crippen LogP contribution < -0.4 is 10.4 Å². The third-order valence-electron chi connectivity index (χ3n) is 6.04. The van der Waals surface area contributed by atoms with E-state index in [2.05, 4.69) is 15.1 Å². The molecule has 0 spiro atoms. The molecule has 32 heavy (non-hydrogen) atoms. The van der Waals surface area contributed by atoms with Crippen LogP contribution in [0.4, 0.5) is 0 Å². The van der Waals surface area contributed by atoms with Crippen molar-refractivity contribution in [1.29, 1.82) is 0 Å². The fourth-order valence-electron chi connectivity index (χ4n) is 4.40. The highest BCUT2D eigenvalue weighted by atomic mass is 16.5. The van der Waals surface area contributed by atoms with Crippen LogP contribution in [0.25, 0.3) is 33.1 Å². The van der Waals surface area contributed by atoms with Crippen LogP contribution in [0.15, 0.2) is 52.0 Å². The molecule has 5 aromatic rings. The molecule has 0 saturated carbocycles. The minimum absolute atomic E-state index is 0.124. The number of nitrogens with zero attached hydrogens (tertiary/aromatic N) is 5. The van der Waals surface area contributed by atoms with Crippen molar-refractivity contribution < 1.29 is 9.26 Å². The van der Waals surface area contributed by atoms with Crippen molar-refractivity contribution in [3.8, 4) is 16.9 Å². The zero-order valence-corrected chi connectivity index (χ0v) is 18.6. The lowest BCUT2D eigenvalue weighted by Crippen LogP contribution is -2.25. The van der Waals surface area contributed by atoms with Crippen LogP contribution in [0.5, 0.6) is 5.75 Å². The third-order valence-corrected chi connectivity index (χ3v) is 6.04. The number of pyridine rings is 2. The van der Waals surface area contributed by atoms with Gasteiger partial charge in [0, 0.05) is 24.2 Å². The standard InChI is InChI=1S/C24H23N5O3/c1-13-22(15(3)32-27-13)17-10-19-16(11-21(17)31-5)23-20(12-26-19)28(4)24(30)29(23)14(2)18-8-6-7-9-25-18/h6-12,14H,1-5H3. The molecule has 0 bridgehead atoms. The summed E-state index contributed by atoms with van der Waals surface area (Å²) in [6.07, 6.45) is 3.48. The number of hydrogen-bond acceptors (Lipinski definition) is 6. The Kier molecular flexibility index (Phi) is 4.58. The van der Waals surface area contributed by atoms with Gasteiger partial charge in [0.1, 0.15) is 11.5 Å². The summed E-state index contributed by atoms with van der Waals surface area (Å²) in [5, 5.41) is 4.91. The van der Waals surface area contributed by atoms with Crippen LogP contribution in [0.3, 0.4) is 0 Å². The van der Waals surface area contributed by atoms with Crippen molar-refractivity contribution in [3.63, 3.8) is 0 Å². The van der Waals surface area contributed by atoms with Gasteiger partial charge in [-0.1, -0.05) is 11.2 Å². The van der Waals surface area contributed by atoms with E-state index in [0.717, 1.165) is 44.5 Å². The minimum atomic E-state index is -0.258. The summed E-state index contributed by atoms with van der Waals surface area (Å²) in [4.78, 5) is 22.4. The molecule has 0 aliphatic carbocycles. The van der Waals surface area contributed by atoms with Crippen LogP contribution in [0.2, 0.25) is 0 Å². The molecule has 0 aliphatic heterocycles. The Morgan fingerprint density at radius 1 is 1.16 bits per heavy atom. The average molecular weight is 429 g/mol. The Bertz CT molecular complexity index is 1510. The first-order chi connectivity index (χ1) is 15.4. The van der Waals surface area contributed by atoms with E-state index in [9.17, 15) is 4.79 Å². The van der Waals surface area contributed by atoms with Crippen LogP contribution >= 0.6 is 0 Å². The lowest BCUT2D eigenvalue weighted by atomic mass is 10.0. The summed E-state index contributed by atoms with van der Waals surface area (Å²) in [6.45, 7) is 5.75. The molecule has 0 saturated heterocycles. The molecule has 0 radical (unpaired) electrons. The molecule has 162 valence electrons. The number of ether oxygens (including phenoxy) is 1. The number of benzene rings is 1. The second-order valence-corrected chi connectivity index (χ2v) is 7.90. The Morgan fingerprint density at radius 3 is 2.62 bits per heavy atom. The summed E-state index contributed by atoms with van der Waals surface area (Å²) in [6, 6.07) is 9.36. The maximum Gasteiger partial charge on any atom is 0.329 e. The van der Waals surface area contributed by atoms with Crippen molar-refractivity contribution in [3.05, 3.63) is 70.4 Å². The van der Waals surface area contributed by atoms with Gasteiger partial charge in [0.05, 0.1) is 52.8 Å². The molecule has 8 heteroatoms. The minimum Gasteiger partial charge on any atom is -0.496 e. The molecule has 1 aromatic carbocycles. The van der Waals surface area contributed by atoms with E-state index in [1.54, 1.807) is 35.7 Å². The molecule has 1 atom stereocenters. The second kappa shape index (κ2) is 7.33. The molecular weight excluding hydrogens is 406 g/mol. The highest BCUT2D eigenvalue weighted by molar-refractivity contribution is 6.05. The Hall–Kier alpha value is -3.94. The molecular formula is C24H23N5O3. The van der Waals surface area contributed by atoms with Crippen molar-refractivity contribution in [1.82, 2.24) is 24.3 Å². The van der Waals surface area contributed by atoms with E-state index in [4.69, 9.17) is 9.26 Å². The van der Waals surface area contributed by atoms with Gasteiger partial charge in [0.25, 0.3) is 0 Å². The first-order valence-corrected chi connectivity index (χ1v) is 10.3. The number of methoxy groups -OCH3 is 1. The van der Waals surface area contributed by atoms with E-state index in [1.807, 2.05) is 51.1 Å². The zero-order chi connectivity index (χ0) is 22.6. The van der Waals surface area contributed by atoms with E-state index < -0.39 is 0 Å². The summed E-state index contributed by atoms with van der Waals surface area (Å²) in [5.74, 6) is 1.37. The summed E-state index contributed by atoms with van der Waals surface area (Å²) in [5.41, 5.74) is 5.50. The highest BCUT2D eigenvalue weighted by Crippen LogP contribution is 2.39. The van der Waals surface area contributed by atoms with Gasteiger partial charge in [0.2, 0.25) is 0 Å². The number of rotatable bonds is 4. The number of aryl methyl sites for hydroxylation is 3. The van der Waals surface area contributed by atoms with Gasteiger partial charge >= 0.3 is 5.69 Å². The quantitative estimate of drug-likeness (QED) is 0.426. The fourth-order valence-corrected chi connectivity index (χ4v) is 4.40. The van der Waals surface area contributed by atoms with Crippen LogP contribution in [-0.2, 0) is 7.05 Å². The van der Waals surface area contributed by atoms with Crippen LogP contribution in [-0.4, -0.2) is 31.4 Å². The third kappa shape index (κ3) is 2.83. The van der Waals surface area contributed by atoms with Crippen molar-refractivity contribution in [2.45, 2.75) is 26.8 Å². The number of imidazole rings is 1. The van der Waals surface area contributed by atoms with Crippen molar-refractivity contribution in [2.75, 3.05) is 7.11 Å². The number of hydrogen-bond donors (Lipinski definition) is 0. The van der Waals surface area contributed by atoms with Gasteiger partial charge < -0.3 is 9.26 Å². The maximum absolute atomic E-state index is 13.3. The smallest absolute Gasteiger partial charge is 0.329 e. The summed E-state index contributed by atoms with van der Waals surface area (Å²) >= 11 is 0. The molecule has 0 aliphatic rings. The van der Waals surface area contributed by atoms with Gasteiger partial charge in [0.15, 0.2) is 0 Å². The molecule has 1 unspecified atom stereocenters. The van der Waals surface area contributed by atoms with Gasteiger partial charge in [-0.3, -0.25) is 19.1 Å². The maximum atomic E-state index is 13.3. The lowest BCUT2D eigenvalue weighted by Gasteiger charge is -2.15. The Labute approximate surface area is 184 Å². The highest BCUT2D eigenvalue weighted by Gasteiger charge is 2.23. The first-order valence-electron chi connectivity index (χ1n) is 10.3. The summed E-state index contributed by atoms with van der Waals surface area (Å²) < 4.78 is 14.5. The normalized spacial score (nSPS) is 12.5. The number of fused-ring (bicyclic) bond motifs is 3. The van der Waals surface area contributed by atoms with Gasteiger partial charge in [-0.25, -0.2) is 4.79 Å². The molecule has 8 nitrogen and oxygen atoms in total. The largest absolute Gasteiger partial charge is 0.496 e. The molecule has 0 N–H and O–H groups in total. The Balaban J connectivity index is 1.86. The van der Waals surface area contributed by atoms with E-state index in [1.165, 1.54) is 0 Å². The molecule has 4 heterocycles. The first kappa shape index (κ1) is 20.0. The zero-order valence-electron chi connectivity index (χ0n) is 18.6. The van der Waals surface area contributed by atoms with Gasteiger partial charge in [-0.05, 0) is 45.0 Å². The van der Waals surface area contributed by atoms with Gasteiger partial charge in [-0.2, -0.15) is 0 Å². The van der Waals surface area contributed by atoms with E-state index >= 15 is 0 Å².